The number of para-hydroxylation sites is 1. The molecule has 0 saturated heterocycles. The van der Waals surface area contributed by atoms with E-state index in [9.17, 15) is 0 Å². The van der Waals surface area contributed by atoms with Crippen molar-refractivity contribution in [3.05, 3.63) is 89.5 Å². The molecule has 0 unspecified atom stereocenters. The molecule has 0 N–H and O–H groups in total. The second-order valence-electron chi connectivity index (χ2n) is 11.7. The SMILES string of the molecule is CN(C)c1c(-c2ccc3c(c2)oc2c(C(C)(C)C)cccc23)ccc2c1-c1ccccc1C2(C)C. The molecule has 2 heteroatoms. The number of nitrogens with zero attached hydrogens (tertiary/aromatic N) is 1. The molecular formula is C33H33NO. The first-order valence-corrected chi connectivity index (χ1v) is 12.5. The van der Waals surface area contributed by atoms with Gasteiger partial charge in [-0.3, -0.25) is 0 Å². The van der Waals surface area contributed by atoms with Crippen molar-refractivity contribution in [1.29, 1.82) is 0 Å². The lowest BCUT2D eigenvalue weighted by Crippen LogP contribution is -2.16. The Morgan fingerprint density at radius 3 is 2.26 bits per heavy atom. The summed E-state index contributed by atoms with van der Waals surface area (Å²) in [6.07, 6.45) is 0. The first kappa shape index (κ1) is 22.0. The predicted octanol–water partition coefficient (Wildman–Crippen LogP) is 8.92. The van der Waals surface area contributed by atoms with Crippen LogP contribution in [0, 0.1) is 0 Å². The second kappa shape index (κ2) is 7.24. The molecule has 35 heavy (non-hydrogen) atoms. The molecule has 0 bridgehead atoms. The van der Waals surface area contributed by atoms with Crippen LogP contribution in [0.5, 0.6) is 0 Å². The van der Waals surface area contributed by atoms with Gasteiger partial charge in [0.25, 0.3) is 0 Å². The molecule has 6 rings (SSSR count). The Kier molecular flexibility index (Phi) is 4.55. The molecule has 5 aromatic rings. The highest BCUT2D eigenvalue weighted by Gasteiger charge is 2.37. The van der Waals surface area contributed by atoms with Crippen LogP contribution in [0.2, 0.25) is 0 Å². The highest BCUT2D eigenvalue weighted by molar-refractivity contribution is 6.08. The quantitative estimate of drug-likeness (QED) is 0.262. The molecular weight excluding hydrogens is 426 g/mol. The Bertz CT molecular complexity index is 1630. The molecule has 0 fully saturated rings. The molecule has 2 nitrogen and oxygen atoms in total. The smallest absolute Gasteiger partial charge is 0.139 e. The van der Waals surface area contributed by atoms with E-state index < -0.39 is 0 Å². The van der Waals surface area contributed by atoms with Crippen molar-refractivity contribution in [3.8, 4) is 22.3 Å². The lowest BCUT2D eigenvalue weighted by atomic mass is 9.82. The Balaban J connectivity index is 1.61. The van der Waals surface area contributed by atoms with Crippen molar-refractivity contribution in [3.63, 3.8) is 0 Å². The summed E-state index contributed by atoms with van der Waals surface area (Å²) >= 11 is 0. The number of hydrogen-bond acceptors (Lipinski definition) is 2. The number of benzene rings is 4. The van der Waals surface area contributed by atoms with E-state index in [-0.39, 0.29) is 10.8 Å². The molecule has 0 radical (unpaired) electrons. The van der Waals surface area contributed by atoms with Crippen molar-refractivity contribution in [2.24, 2.45) is 0 Å². The minimum Gasteiger partial charge on any atom is -0.456 e. The van der Waals surface area contributed by atoms with Crippen LogP contribution in [-0.2, 0) is 10.8 Å². The molecule has 0 spiro atoms. The summed E-state index contributed by atoms with van der Waals surface area (Å²) in [6.45, 7) is 11.4. The number of hydrogen-bond donors (Lipinski definition) is 0. The maximum absolute atomic E-state index is 6.54. The first-order valence-electron chi connectivity index (χ1n) is 12.5. The molecule has 176 valence electrons. The van der Waals surface area contributed by atoms with Gasteiger partial charge in [-0.05, 0) is 39.8 Å². The summed E-state index contributed by atoms with van der Waals surface area (Å²) in [6, 6.07) is 26.7. The van der Waals surface area contributed by atoms with E-state index in [0.29, 0.717) is 0 Å². The zero-order chi connectivity index (χ0) is 24.7. The highest BCUT2D eigenvalue weighted by atomic mass is 16.3. The standard InChI is InChI=1S/C33H33NO/c1-32(2,3)27-14-10-12-23-22-16-15-20(19-28(22)35-31(23)27)21-17-18-26-29(30(21)34(6)7)24-11-8-9-13-25(24)33(26,4)5/h8-19H,1-7H3. The van der Waals surface area contributed by atoms with E-state index in [1.54, 1.807) is 0 Å². The number of fused-ring (bicyclic) bond motifs is 6. The molecule has 0 saturated carbocycles. The van der Waals surface area contributed by atoms with Crippen molar-refractivity contribution in [2.45, 2.75) is 45.4 Å². The molecule has 4 aromatic carbocycles. The molecule has 0 aliphatic heterocycles. The monoisotopic (exact) mass is 459 g/mol. The van der Waals surface area contributed by atoms with Gasteiger partial charge < -0.3 is 9.32 Å². The number of anilines is 1. The minimum atomic E-state index is -0.0126. The molecule has 1 aromatic heterocycles. The van der Waals surface area contributed by atoms with Crippen LogP contribution in [0.4, 0.5) is 5.69 Å². The van der Waals surface area contributed by atoms with Gasteiger partial charge in [-0.2, -0.15) is 0 Å². The Hall–Kier alpha value is -3.52. The van der Waals surface area contributed by atoms with E-state index in [2.05, 4.69) is 126 Å². The van der Waals surface area contributed by atoms with Crippen molar-refractivity contribution < 1.29 is 4.42 Å². The van der Waals surface area contributed by atoms with Gasteiger partial charge in [-0.25, -0.2) is 0 Å². The minimum absolute atomic E-state index is 0.0126. The molecule has 1 aliphatic carbocycles. The van der Waals surface area contributed by atoms with Crippen LogP contribution in [0.15, 0.2) is 77.2 Å². The van der Waals surface area contributed by atoms with Crippen LogP contribution in [0.3, 0.4) is 0 Å². The van der Waals surface area contributed by atoms with Crippen LogP contribution >= 0.6 is 0 Å². The topological polar surface area (TPSA) is 16.4 Å². The Morgan fingerprint density at radius 1 is 0.743 bits per heavy atom. The van der Waals surface area contributed by atoms with Crippen molar-refractivity contribution >= 4 is 27.6 Å². The summed E-state index contributed by atoms with van der Waals surface area (Å²) in [5.41, 5.74) is 12.4. The van der Waals surface area contributed by atoms with Gasteiger partial charge in [0.2, 0.25) is 0 Å². The van der Waals surface area contributed by atoms with Crippen molar-refractivity contribution in [2.75, 3.05) is 19.0 Å². The fraction of sp³-hybridized carbons (Fsp3) is 0.273. The van der Waals surface area contributed by atoms with Gasteiger partial charge in [-0.1, -0.05) is 95.3 Å². The summed E-state index contributed by atoms with van der Waals surface area (Å²) in [5.74, 6) is 0. The average Bonchev–Trinajstić information content (AvgIpc) is 3.30. The van der Waals surface area contributed by atoms with Crippen LogP contribution in [0.25, 0.3) is 44.2 Å². The summed E-state index contributed by atoms with van der Waals surface area (Å²) in [4.78, 5) is 2.27. The van der Waals surface area contributed by atoms with Crippen LogP contribution in [-0.4, -0.2) is 14.1 Å². The number of rotatable bonds is 2. The highest BCUT2D eigenvalue weighted by Crippen LogP contribution is 2.54. The zero-order valence-corrected chi connectivity index (χ0v) is 21.8. The third-order valence-electron chi connectivity index (χ3n) is 7.79. The van der Waals surface area contributed by atoms with Gasteiger partial charge in [0, 0.05) is 47.0 Å². The molecule has 1 aliphatic rings. The fourth-order valence-electron chi connectivity index (χ4n) is 6.03. The normalized spacial score (nSPS) is 14.4. The zero-order valence-electron chi connectivity index (χ0n) is 21.8. The molecule has 1 heterocycles. The van der Waals surface area contributed by atoms with E-state index in [4.69, 9.17) is 4.42 Å². The molecule has 0 amide bonds. The predicted molar refractivity (Wildman–Crippen MR) is 150 cm³/mol. The van der Waals surface area contributed by atoms with Gasteiger partial charge in [-0.15, -0.1) is 0 Å². The third-order valence-corrected chi connectivity index (χ3v) is 7.79. The van der Waals surface area contributed by atoms with Crippen molar-refractivity contribution in [1.82, 2.24) is 0 Å². The van der Waals surface area contributed by atoms with Gasteiger partial charge in [0.1, 0.15) is 11.2 Å². The van der Waals surface area contributed by atoms with Crippen LogP contribution in [0.1, 0.15) is 51.3 Å². The second-order valence-corrected chi connectivity index (χ2v) is 11.7. The molecule has 0 atom stereocenters. The Morgan fingerprint density at radius 2 is 1.51 bits per heavy atom. The maximum Gasteiger partial charge on any atom is 0.139 e. The van der Waals surface area contributed by atoms with Gasteiger partial charge in [0.05, 0.1) is 5.69 Å². The van der Waals surface area contributed by atoms with Crippen LogP contribution < -0.4 is 4.90 Å². The van der Waals surface area contributed by atoms with Gasteiger partial charge in [0.15, 0.2) is 0 Å². The van der Waals surface area contributed by atoms with E-state index in [1.807, 2.05) is 0 Å². The summed E-state index contributed by atoms with van der Waals surface area (Å²) in [5, 5.41) is 2.37. The maximum atomic E-state index is 6.54. The first-order chi connectivity index (χ1) is 16.6. The van der Waals surface area contributed by atoms with Gasteiger partial charge >= 0.3 is 0 Å². The fourth-order valence-corrected chi connectivity index (χ4v) is 6.03. The largest absolute Gasteiger partial charge is 0.456 e. The van der Waals surface area contributed by atoms with E-state index in [1.165, 1.54) is 55.4 Å². The van der Waals surface area contributed by atoms with E-state index in [0.717, 1.165) is 11.2 Å². The Labute approximate surface area is 208 Å². The average molecular weight is 460 g/mol. The number of furan rings is 1. The summed E-state index contributed by atoms with van der Waals surface area (Å²) in [7, 11) is 4.31. The lowest BCUT2D eigenvalue weighted by molar-refractivity contribution is 0.573. The summed E-state index contributed by atoms with van der Waals surface area (Å²) < 4.78 is 6.54. The van der Waals surface area contributed by atoms with E-state index >= 15 is 0 Å². The third kappa shape index (κ3) is 3.09. The lowest BCUT2D eigenvalue weighted by Gasteiger charge is -2.25.